The third-order valence-corrected chi connectivity index (χ3v) is 7.33. The van der Waals surface area contributed by atoms with Gasteiger partial charge >= 0.3 is 0 Å². The predicted octanol–water partition coefficient (Wildman–Crippen LogP) is 3.02. The highest BCUT2D eigenvalue weighted by Crippen LogP contribution is 2.40. The first-order valence-corrected chi connectivity index (χ1v) is 11.5. The highest BCUT2D eigenvalue weighted by atomic mass is 35.5. The number of amides is 1. The van der Waals surface area contributed by atoms with Gasteiger partial charge in [-0.3, -0.25) is 14.4 Å². The maximum Gasteiger partial charge on any atom is 0.225 e. The van der Waals surface area contributed by atoms with Gasteiger partial charge in [0.15, 0.2) is 5.82 Å². The van der Waals surface area contributed by atoms with E-state index in [0.29, 0.717) is 10.8 Å². The van der Waals surface area contributed by atoms with Gasteiger partial charge in [0.25, 0.3) is 0 Å². The summed E-state index contributed by atoms with van der Waals surface area (Å²) in [4.78, 5) is 20.3. The van der Waals surface area contributed by atoms with Crippen molar-refractivity contribution in [2.45, 2.75) is 26.3 Å². The Hall–Kier alpha value is -2.97. The normalized spacial score (nSPS) is 20.4. The minimum atomic E-state index is -0.435. The molecule has 2 aromatic heterocycles. The van der Waals surface area contributed by atoms with Crippen LogP contribution in [0.4, 0.5) is 0 Å². The molecule has 2 fully saturated rings. The van der Waals surface area contributed by atoms with Crippen LogP contribution in [0.5, 0.6) is 0 Å². The van der Waals surface area contributed by atoms with Crippen molar-refractivity contribution in [3.05, 3.63) is 64.0 Å². The molecule has 3 aromatic rings. The van der Waals surface area contributed by atoms with Crippen LogP contribution in [0.25, 0.3) is 5.69 Å². The molecule has 0 saturated carbocycles. The van der Waals surface area contributed by atoms with Gasteiger partial charge in [-0.1, -0.05) is 23.7 Å². The molecule has 0 bridgehead atoms. The van der Waals surface area contributed by atoms with Crippen molar-refractivity contribution in [1.29, 1.82) is 0 Å². The van der Waals surface area contributed by atoms with Gasteiger partial charge in [-0.25, -0.2) is 0 Å². The molecule has 2 saturated heterocycles. The zero-order valence-corrected chi connectivity index (χ0v) is 19.6. The van der Waals surface area contributed by atoms with Gasteiger partial charge in [-0.05, 0) is 26.0 Å². The summed E-state index contributed by atoms with van der Waals surface area (Å²) >= 11 is 6.16. The Morgan fingerprint density at radius 2 is 1.91 bits per heavy atom. The lowest BCUT2D eigenvalue weighted by Gasteiger charge is -2.55. The number of carbonyl (C=O) groups excluding carboxylic acids is 1. The van der Waals surface area contributed by atoms with Crippen molar-refractivity contribution in [1.82, 2.24) is 24.2 Å². The summed E-state index contributed by atoms with van der Waals surface area (Å²) in [6.07, 6.45) is 2.33. The Bertz CT molecular complexity index is 1290. The first-order valence-electron chi connectivity index (χ1n) is 11.1. The molecule has 3 aliphatic heterocycles. The summed E-state index contributed by atoms with van der Waals surface area (Å²) in [6.45, 7) is 7.04. The molecule has 3 aliphatic rings. The number of aliphatic imine (C=N–C) groups is 1. The average molecular weight is 465 g/mol. The second kappa shape index (κ2) is 7.27. The van der Waals surface area contributed by atoms with Gasteiger partial charge in [0.2, 0.25) is 5.91 Å². The van der Waals surface area contributed by atoms with Crippen molar-refractivity contribution in [2.75, 3.05) is 26.3 Å². The van der Waals surface area contributed by atoms with Crippen LogP contribution >= 0.6 is 11.6 Å². The highest BCUT2D eigenvalue weighted by Gasteiger charge is 2.50. The number of benzene rings is 1. The Morgan fingerprint density at radius 3 is 2.58 bits per heavy atom. The fourth-order valence-corrected chi connectivity index (χ4v) is 5.24. The monoisotopic (exact) mass is 464 g/mol. The third kappa shape index (κ3) is 3.15. The molecule has 33 heavy (non-hydrogen) atoms. The number of rotatable bonds is 3. The van der Waals surface area contributed by atoms with Crippen LogP contribution in [-0.2, 0) is 16.6 Å². The molecule has 0 radical (unpaired) electrons. The van der Waals surface area contributed by atoms with E-state index in [-0.39, 0.29) is 17.7 Å². The molecule has 170 valence electrons. The van der Waals surface area contributed by atoms with Gasteiger partial charge in [-0.15, -0.1) is 10.2 Å². The maximum absolute atomic E-state index is 13.2. The lowest BCUT2D eigenvalue weighted by molar-refractivity contribution is -0.195. The van der Waals surface area contributed by atoms with Crippen molar-refractivity contribution < 1.29 is 9.53 Å². The number of halogens is 1. The molecule has 0 unspecified atom stereocenters. The van der Waals surface area contributed by atoms with Crippen LogP contribution in [0.15, 0.2) is 35.5 Å². The van der Waals surface area contributed by atoms with Crippen molar-refractivity contribution >= 4 is 23.2 Å². The maximum atomic E-state index is 13.2. The average Bonchev–Trinajstić information content (AvgIpc) is 3.19. The van der Waals surface area contributed by atoms with E-state index in [2.05, 4.69) is 27.9 Å². The number of aromatic nitrogens is 4. The van der Waals surface area contributed by atoms with Crippen molar-refractivity contribution in [3.8, 4) is 5.69 Å². The first-order chi connectivity index (χ1) is 15.8. The van der Waals surface area contributed by atoms with E-state index >= 15 is 0 Å². The molecule has 1 aromatic carbocycles. The fraction of sp³-hybridized carbons (Fsp3) is 0.417. The number of hydrogen-bond donors (Lipinski definition) is 0. The third-order valence-electron chi connectivity index (χ3n) is 7.08. The summed E-state index contributed by atoms with van der Waals surface area (Å²) in [5.41, 5.74) is 5.06. The topological polar surface area (TPSA) is 77.5 Å². The van der Waals surface area contributed by atoms with Crippen molar-refractivity contribution in [2.24, 2.45) is 17.5 Å². The molecule has 0 N–H and O–H groups in total. The van der Waals surface area contributed by atoms with Crippen LogP contribution in [0.3, 0.4) is 0 Å². The van der Waals surface area contributed by atoms with E-state index in [0.717, 1.165) is 60.3 Å². The zero-order valence-electron chi connectivity index (χ0n) is 18.9. The Kier molecular flexibility index (Phi) is 4.54. The van der Waals surface area contributed by atoms with E-state index in [1.165, 1.54) is 0 Å². The van der Waals surface area contributed by atoms with Gasteiger partial charge in [-0.2, -0.15) is 0 Å². The number of ether oxygens (including phenoxy) is 1. The lowest BCUT2D eigenvalue weighted by Crippen LogP contribution is -2.67. The molecule has 0 aliphatic carbocycles. The zero-order chi connectivity index (χ0) is 22.9. The summed E-state index contributed by atoms with van der Waals surface area (Å²) < 4.78 is 9.48. The minimum absolute atomic E-state index is 0.0905. The molecule has 9 heteroatoms. The van der Waals surface area contributed by atoms with Gasteiger partial charge in [0.1, 0.15) is 11.9 Å². The Balaban J connectivity index is 1.44. The van der Waals surface area contributed by atoms with Crippen LogP contribution < -0.4 is 0 Å². The lowest BCUT2D eigenvalue weighted by atomic mass is 9.78. The first kappa shape index (κ1) is 20.6. The van der Waals surface area contributed by atoms with Crippen LogP contribution in [0.2, 0.25) is 5.02 Å². The van der Waals surface area contributed by atoms with Crippen LogP contribution in [0.1, 0.15) is 40.9 Å². The van der Waals surface area contributed by atoms with Crippen molar-refractivity contribution in [3.63, 3.8) is 0 Å². The molecule has 6 rings (SSSR count). The smallest absolute Gasteiger partial charge is 0.225 e. The predicted molar refractivity (Wildman–Crippen MR) is 124 cm³/mol. The van der Waals surface area contributed by atoms with Gasteiger partial charge in [0.05, 0.1) is 36.4 Å². The second-order valence-electron chi connectivity index (χ2n) is 9.47. The number of carbonyl (C=O) groups is 1. The molecule has 1 atom stereocenters. The molecular formula is C24H25ClN6O2. The number of fused-ring (bicyclic) bond motifs is 3. The molecule has 1 spiro atoms. The van der Waals surface area contributed by atoms with Gasteiger partial charge in [0, 0.05) is 48.2 Å². The Morgan fingerprint density at radius 1 is 1.18 bits per heavy atom. The number of nitrogens with zero attached hydrogens (tertiary/aromatic N) is 6. The highest BCUT2D eigenvalue weighted by molar-refractivity contribution is 6.30. The van der Waals surface area contributed by atoms with Crippen LogP contribution in [-0.4, -0.2) is 62.2 Å². The van der Waals surface area contributed by atoms with Gasteiger partial charge < -0.3 is 14.2 Å². The number of likely N-dealkylation sites (tertiary alicyclic amines) is 1. The van der Waals surface area contributed by atoms with Crippen LogP contribution in [0, 0.1) is 19.3 Å². The molecule has 5 heterocycles. The van der Waals surface area contributed by atoms with E-state index in [9.17, 15) is 4.79 Å². The van der Waals surface area contributed by atoms with E-state index < -0.39 is 6.04 Å². The largest absolute Gasteiger partial charge is 0.380 e. The molecular weight excluding hydrogens is 440 g/mol. The van der Waals surface area contributed by atoms with E-state index in [1.54, 1.807) is 0 Å². The van der Waals surface area contributed by atoms with E-state index in [4.69, 9.17) is 21.3 Å². The standard InChI is InChI=1S/C24H25ClN6O2/c1-14-21-19(9-29(14)3)31-15(2)27-28-23(31)18(26-22(21)16-4-6-17(25)7-5-16)8-20(32)30-10-24(11-30)12-33-13-24/h4-7,9,18H,8,10-13H2,1-3H3/t18-/m0/s1. The SMILES string of the molecule is Cc1c2c(cn1C)-n1c(C)nnc1[C@H](CC(=O)N1CC3(COC3)C1)N=C2c1ccc(Cl)cc1. The Labute approximate surface area is 196 Å². The summed E-state index contributed by atoms with van der Waals surface area (Å²) in [7, 11) is 2.02. The molecule has 8 nitrogen and oxygen atoms in total. The second-order valence-corrected chi connectivity index (χ2v) is 9.91. The minimum Gasteiger partial charge on any atom is -0.380 e. The molecule has 1 amide bonds. The van der Waals surface area contributed by atoms with E-state index in [1.807, 2.05) is 47.7 Å². The summed E-state index contributed by atoms with van der Waals surface area (Å²) in [6, 6.07) is 7.26. The number of hydrogen-bond acceptors (Lipinski definition) is 5. The summed E-state index contributed by atoms with van der Waals surface area (Å²) in [5, 5.41) is 9.49. The summed E-state index contributed by atoms with van der Waals surface area (Å²) in [5.74, 6) is 1.56. The number of aryl methyl sites for hydroxylation is 2. The fourth-order valence-electron chi connectivity index (χ4n) is 5.11. The quantitative estimate of drug-likeness (QED) is 0.597.